The molecule has 3 nitrogen and oxygen atoms in total. The lowest BCUT2D eigenvalue weighted by Crippen LogP contribution is -2.35. The van der Waals surface area contributed by atoms with Crippen molar-refractivity contribution in [3.63, 3.8) is 0 Å². The van der Waals surface area contributed by atoms with Gasteiger partial charge in [-0.3, -0.25) is 0 Å². The number of nitrogens with one attached hydrogen (secondary N) is 1. The molecule has 0 amide bonds. The SMILES string of the molecule is CCc1cc(CNC(C)(C)C)cc(OCC2CC2)n1. The van der Waals surface area contributed by atoms with Crippen LogP contribution < -0.4 is 10.1 Å². The van der Waals surface area contributed by atoms with E-state index in [9.17, 15) is 0 Å². The molecule has 1 saturated carbocycles. The van der Waals surface area contributed by atoms with Crippen LogP contribution in [-0.2, 0) is 13.0 Å². The first kappa shape index (κ1) is 14.3. The molecule has 1 N–H and O–H groups in total. The van der Waals surface area contributed by atoms with Gasteiger partial charge >= 0.3 is 0 Å². The second-order valence-electron chi connectivity index (χ2n) is 6.52. The fourth-order valence-electron chi connectivity index (χ4n) is 1.83. The first-order valence-corrected chi connectivity index (χ1v) is 7.34. The maximum atomic E-state index is 5.81. The van der Waals surface area contributed by atoms with E-state index in [-0.39, 0.29) is 5.54 Å². The monoisotopic (exact) mass is 262 g/mol. The number of aryl methyl sites for hydroxylation is 1. The minimum absolute atomic E-state index is 0.130. The van der Waals surface area contributed by atoms with Crippen molar-refractivity contribution in [2.24, 2.45) is 5.92 Å². The third kappa shape index (κ3) is 5.19. The molecule has 3 heteroatoms. The smallest absolute Gasteiger partial charge is 0.213 e. The van der Waals surface area contributed by atoms with Crippen molar-refractivity contribution < 1.29 is 4.74 Å². The molecule has 0 spiro atoms. The lowest BCUT2D eigenvalue weighted by molar-refractivity contribution is 0.287. The summed E-state index contributed by atoms with van der Waals surface area (Å²) in [6.07, 6.45) is 3.57. The van der Waals surface area contributed by atoms with E-state index >= 15 is 0 Å². The molecule has 0 atom stereocenters. The standard InChI is InChI=1S/C16H26N2O/c1-5-14-8-13(10-17-16(2,3)4)9-15(18-14)19-11-12-6-7-12/h8-9,12,17H,5-7,10-11H2,1-4H3. The van der Waals surface area contributed by atoms with E-state index in [0.29, 0.717) is 0 Å². The largest absolute Gasteiger partial charge is 0.477 e. The van der Waals surface area contributed by atoms with Gasteiger partial charge in [-0.25, -0.2) is 4.98 Å². The van der Waals surface area contributed by atoms with Gasteiger partial charge < -0.3 is 10.1 Å². The van der Waals surface area contributed by atoms with Crippen LogP contribution in [0.1, 0.15) is 51.8 Å². The Hall–Kier alpha value is -1.09. The molecule has 1 aromatic rings. The molecule has 19 heavy (non-hydrogen) atoms. The highest BCUT2D eigenvalue weighted by Crippen LogP contribution is 2.29. The molecule has 1 heterocycles. The Morgan fingerprint density at radius 1 is 1.32 bits per heavy atom. The second-order valence-corrected chi connectivity index (χ2v) is 6.52. The van der Waals surface area contributed by atoms with Crippen molar-refractivity contribution >= 4 is 0 Å². The normalized spacial score (nSPS) is 15.6. The zero-order chi connectivity index (χ0) is 13.9. The lowest BCUT2D eigenvalue weighted by atomic mass is 10.1. The predicted molar refractivity (Wildman–Crippen MR) is 78.4 cm³/mol. The molecular formula is C16H26N2O. The van der Waals surface area contributed by atoms with Gasteiger partial charge in [0.15, 0.2) is 0 Å². The van der Waals surface area contributed by atoms with E-state index in [2.05, 4.69) is 50.1 Å². The Balaban J connectivity index is 2.01. The molecule has 1 fully saturated rings. The fourth-order valence-corrected chi connectivity index (χ4v) is 1.83. The van der Waals surface area contributed by atoms with Crippen LogP contribution >= 0.6 is 0 Å². The summed E-state index contributed by atoms with van der Waals surface area (Å²) in [6.45, 7) is 10.4. The fraction of sp³-hybridized carbons (Fsp3) is 0.688. The Morgan fingerprint density at radius 2 is 2.05 bits per heavy atom. The van der Waals surface area contributed by atoms with Gasteiger partial charge in [0.25, 0.3) is 0 Å². The topological polar surface area (TPSA) is 34.1 Å². The van der Waals surface area contributed by atoms with Crippen molar-refractivity contribution in [3.8, 4) is 5.88 Å². The van der Waals surface area contributed by atoms with Gasteiger partial charge in [0.1, 0.15) is 0 Å². The molecule has 106 valence electrons. The van der Waals surface area contributed by atoms with Crippen LogP contribution in [0.25, 0.3) is 0 Å². The summed E-state index contributed by atoms with van der Waals surface area (Å²) in [5.41, 5.74) is 2.50. The molecular weight excluding hydrogens is 236 g/mol. The maximum Gasteiger partial charge on any atom is 0.213 e. The minimum atomic E-state index is 0.130. The third-order valence-electron chi connectivity index (χ3n) is 3.26. The maximum absolute atomic E-state index is 5.81. The van der Waals surface area contributed by atoms with Crippen LogP contribution in [0.15, 0.2) is 12.1 Å². The van der Waals surface area contributed by atoms with Gasteiger partial charge in [-0.15, -0.1) is 0 Å². The van der Waals surface area contributed by atoms with E-state index in [1.807, 2.05) is 0 Å². The summed E-state index contributed by atoms with van der Waals surface area (Å²) >= 11 is 0. The van der Waals surface area contributed by atoms with Crippen LogP contribution in [0, 0.1) is 5.92 Å². The Labute approximate surface area is 116 Å². The number of rotatable bonds is 6. The molecule has 0 saturated heterocycles. The molecule has 0 radical (unpaired) electrons. The van der Waals surface area contributed by atoms with Crippen molar-refractivity contribution in [3.05, 3.63) is 23.4 Å². The first-order valence-electron chi connectivity index (χ1n) is 7.34. The van der Waals surface area contributed by atoms with Crippen molar-refractivity contribution in [2.45, 2.75) is 59.0 Å². The molecule has 0 aliphatic heterocycles. The summed E-state index contributed by atoms with van der Waals surface area (Å²) in [5.74, 6) is 1.56. The zero-order valence-corrected chi connectivity index (χ0v) is 12.6. The average Bonchev–Trinajstić information content (AvgIpc) is 3.17. The van der Waals surface area contributed by atoms with E-state index in [1.165, 1.54) is 18.4 Å². The number of hydrogen-bond acceptors (Lipinski definition) is 3. The van der Waals surface area contributed by atoms with Crippen molar-refractivity contribution in [1.82, 2.24) is 10.3 Å². The van der Waals surface area contributed by atoms with Gasteiger partial charge in [0.05, 0.1) is 6.61 Å². The molecule has 0 bridgehead atoms. The quantitative estimate of drug-likeness (QED) is 0.854. The van der Waals surface area contributed by atoms with Crippen LogP contribution in [-0.4, -0.2) is 17.1 Å². The van der Waals surface area contributed by atoms with E-state index in [4.69, 9.17) is 4.74 Å². The van der Waals surface area contributed by atoms with Gasteiger partial charge in [-0.2, -0.15) is 0 Å². The highest BCUT2D eigenvalue weighted by molar-refractivity contribution is 5.25. The number of hydrogen-bond donors (Lipinski definition) is 1. The summed E-state index contributed by atoms with van der Waals surface area (Å²) in [6, 6.07) is 4.24. The lowest BCUT2D eigenvalue weighted by Gasteiger charge is -2.21. The molecule has 1 aliphatic rings. The van der Waals surface area contributed by atoms with Crippen LogP contribution in [0.3, 0.4) is 0 Å². The van der Waals surface area contributed by atoms with E-state index < -0.39 is 0 Å². The van der Waals surface area contributed by atoms with Crippen LogP contribution in [0.5, 0.6) is 5.88 Å². The third-order valence-corrected chi connectivity index (χ3v) is 3.26. The number of aromatic nitrogens is 1. The van der Waals surface area contributed by atoms with E-state index in [1.54, 1.807) is 0 Å². The zero-order valence-electron chi connectivity index (χ0n) is 12.6. The highest BCUT2D eigenvalue weighted by atomic mass is 16.5. The van der Waals surface area contributed by atoms with Gasteiger partial charge in [-0.1, -0.05) is 6.92 Å². The van der Waals surface area contributed by atoms with Crippen molar-refractivity contribution in [2.75, 3.05) is 6.61 Å². The van der Waals surface area contributed by atoms with Gasteiger partial charge in [-0.05, 0) is 57.6 Å². The summed E-state index contributed by atoms with van der Waals surface area (Å²) < 4.78 is 5.81. The van der Waals surface area contributed by atoms with Crippen molar-refractivity contribution in [1.29, 1.82) is 0 Å². The summed E-state index contributed by atoms with van der Waals surface area (Å²) in [4.78, 5) is 4.55. The Kier molecular flexibility index (Phi) is 4.46. The van der Waals surface area contributed by atoms with E-state index in [0.717, 1.165) is 37.1 Å². The number of nitrogens with zero attached hydrogens (tertiary/aromatic N) is 1. The Bertz CT molecular complexity index is 419. The van der Waals surface area contributed by atoms with Crippen LogP contribution in [0.4, 0.5) is 0 Å². The average molecular weight is 262 g/mol. The summed E-state index contributed by atoms with van der Waals surface area (Å²) in [5, 5.41) is 3.51. The van der Waals surface area contributed by atoms with Crippen LogP contribution in [0.2, 0.25) is 0 Å². The Morgan fingerprint density at radius 3 is 2.63 bits per heavy atom. The molecule has 2 rings (SSSR count). The number of pyridine rings is 1. The number of ether oxygens (including phenoxy) is 1. The van der Waals surface area contributed by atoms with Gasteiger partial charge in [0.2, 0.25) is 5.88 Å². The predicted octanol–water partition coefficient (Wildman–Crippen LogP) is 3.32. The van der Waals surface area contributed by atoms with Gasteiger partial charge in [0, 0.05) is 23.8 Å². The molecule has 1 aliphatic carbocycles. The summed E-state index contributed by atoms with van der Waals surface area (Å²) in [7, 11) is 0. The highest BCUT2D eigenvalue weighted by Gasteiger charge is 2.22. The minimum Gasteiger partial charge on any atom is -0.477 e. The molecule has 1 aromatic heterocycles. The molecule has 0 unspecified atom stereocenters. The molecule has 0 aromatic carbocycles. The first-order chi connectivity index (χ1) is 8.96. The second kappa shape index (κ2) is 5.91.